The molecule has 0 radical (unpaired) electrons. The average molecular weight is 364 g/mol. The highest BCUT2D eigenvalue weighted by molar-refractivity contribution is 6.31. The Morgan fingerprint density at radius 3 is 2.72 bits per heavy atom. The molecule has 0 aliphatic carbocycles. The second-order valence-electron chi connectivity index (χ2n) is 6.91. The average Bonchev–Trinajstić information content (AvgIpc) is 2.96. The predicted molar refractivity (Wildman–Crippen MR) is 101 cm³/mol. The molecule has 0 saturated carbocycles. The first-order valence-electron chi connectivity index (χ1n) is 8.77. The molecule has 3 rings (SSSR count). The van der Waals surface area contributed by atoms with Crippen LogP contribution in [-0.4, -0.2) is 66.1 Å². The molecular formula is C19H26ClN3O2. The maximum atomic E-state index is 12.8. The number of rotatable bonds is 5. The van der Waals surface area contributed by atoms with Gasteiger partial charge in [0.05, 0.1) is 13.0 Å². The van der Waals surface area contributed by atoms with Gasteiger partial charge >= 0.3 is 0 Å². The van der Waals surface area contributed by atoms with Crippen LogP contribution in [0.5, 0.6) is 0 Å². The molecule has 1 saturated heterocycles. The van der Waals surface area contributed by atoms with Gasteiger partial charge in [-0.05, 0) is 37.6 Å². The van der Waals surface area contributed by atoms with Gasteiger partial charge in [0.15, 0.2) is 0 Å². The lowest BCUT2D eigenvalue weighted by Gasteiger charge is -2.44. The molecule has 1 aromatic carbocycles. The Balaban J connectivity index is 1.68. The zero-order valence-electron chi connectivity index (χ0n) is 15.1. The number of hydrogen-bond donors (Lipinski definition) is 1. The lowest BCUT2D eigenvalue weighted by molar-refractivity contribution is -0.135. The summed E-state index contributed by atoms with van der Waals surface area (Å²) in [5.74, 6) is 0.172. The molecule has 2 heterocycles. The molecule has 2 aromatic rings. The summed E-state index contributed by atoms with van der Waals surface area (Å²) in [6.07, 6.45) is 2.32. The van der Waals surface area contributed by atoms with E-state index in [0.29, 0.717) is 23.5 Å². The largest absolute Gasteiger partial charge is 0.383 e. The monoisotopic (exact) mass is 363 g/mol. The van der Waals surface area contributed by atoms with Crippen LogP contribution in [-0.2, 0) is 16.0 Å². The molecule has 1 aliphatic heterocycles. The second kappa shape index (κ2) is 7.77. The van der Waals surface area contributed by atoms with Crippen LogP contribution >= 0.6 is 11.6 Å². The van der Waals surface area contributed by atoms with Gasteiger partial charge in [-0.2, -0.15) is 0 Å². The third kappa shape index (κ3) is 4.00. The lowest BCUT2D eigenvalue weighted by atomic mass is 10.1. The van der Waals surface area contributed by atoms with Crippen LogP contribution in [0.4, 0.5) is 0 Å². The van der Waals surface area contributed by atoms with Crippen molar-refractivity contribution < 1.29 is 9.53 Å². The van der Waals surface area contributed by atoms with Crippen LogP contribution in [0.15, 0.2) is 24.4 Å². The highest BCUT2D eigenvalue weighted by Crippen LogP contribution is 2.24. The molecule has 1 aliphatic rings. The number of H-pyrrole nitrogens is 1. The minimum Gasteiger partial charge on any atom is -0.383 e. The van der Waals surface area contributed by atoms with Gasteiger partial charge in [0.1, 0.15) is 0 Å². The van der Waals surface area contributed by atoms with Crippen molar-refractivity contribution in [3.8, 4) is 0 Å². The van der Waals surface area contributed by atoms with Crippen LogP contribution < -0.4 is 0 Å². The Morgan fingerprint density at radius 1 is 1.32 bits per heavy atom. The molecule has 0 bridgehead atoms. The third-order valence-electron chi connectivity index (χ3n) is 5.08. The minimum absolute atomic E-state index is 0.172. The van der Waals surface area contributed by atoms with E-state index < -0.39 is 0 Å². The first-order chi connectivity index (χ1) is 12.0. The van der Waals surface area contributed by atoms with Crippen LogP contribution in [0.25, 0.3) is 10.9 Å². The van der Waals surface area contributed by atoms with E-state index in [1.807, 2.05) is 29.3 Å². The summed E-state index contributed by atoms with van der Waals surface area (Å²) >= 11 is 6.10. The van der Waals surface area contributed by atoms with E-state index in [1.165, 1.54) is 0 Å². The van der Waals surface area contributed by atoms with E-state index in [2.05, 4.69) is 23.7 Å². The molecule has 25 heavy (non-hydrogen) atoms. The Labute approximate surface area is 153 Å². The van der Waals surface area contributed by atoms with Crippen molar-refractivity contribution in [2.24, 2.45) is 0 Å². The number of carbonyl (C=O) groups excluding carboxylic acids is 1. The fourth-order valence-corrected chi connectivity index (χ4v) is 3.94. The zero-order chi connectivity index (χ0) is 18.0. The first-order valence-corrected chi connectivity index (χ1v) is 9.15. The van der Waals surface area contributed by atoms with Crippen molar-refractivity contribution >= 4 is 28.4 Å². The molecule has 1 fully saturated rings. The maximum Gasteiger partial charge on any atom is 0.227 e. The number of hydrogen-bond acceptors (Lipinski definition) is 3. The number of fused-ring (bicyclic) bond motifs is 1. The molecular weight excluding hydrogens is 338 g/mol. The number of benzene rings is 1. The van der Waals surface area contributed by atoms with Gasteiger partial charge in [-0.25, -0.2) is 0 Å². The van der Waals surface area contributed by atoms with E-state index in [9.17, 15) is 4.79 Å². The molecule has 1 N–H and O–H groups in total. The Hall–Kier alpha value is -1.56. The number of aromatic amines is 1. The smallest absolute Gasteiger partial charge is 0.227 e. The number of methoxy groups -OCH3 is 1. The number of piperazine rings is 1. The molecule has 2 atom stereocenters. The zero-order valence-corrected chi connectivity index (χ0v) is 15.8. The van der Waals surface area contributed by atoms with E-state index >= 15 is 0 Å². The van der Waals surface area contributed by atoms with Crippen LogP contribution in [0.1, 0.15) is 19.4 Å². The van der Waals surface area contributed by atoms with E-state index in [0.717, 1.165) is 42.7 Å². The van der Waals surface area contributed by atoms with Gasteiger partial charge in [0.2, 0.25) is 5.91 Å². The molecule has 1 aromatic heterocycles. The van der Waals surface area contributed by atoms with E-state index in [-0.39, 0.29) is 5.91 Å². The Bertz CT molecular complexity index is 733. The summed E-state index contributed by atoms with van der Waals surface area (Å²) in [5, 5.41) is 1.72. The van der Waals surface area contributed by atoms with Crippen molar-refractivity contribution in [2.75, 3.05) is 33.4 Å². The summed E-state index contributed by atoms with van der Waals surface area (Å²) < 4.78 is 5.20. The Kier molecular flexibility index (Phi) is 5.67. The normalized spacial score (nSPS) is 21.8. The van der Waals surface area contributed by atoms with E-state index in [1.54, 1.807) is 7.11 Å². The summed E-state index contributed by atoms with van der Waals surface area (Å²) in [5.41, 5.74) is 2.02. The topological polar surface area (TPSA) is 48.6 Å². The van der Waals surface area contributed by atoms with Crippen molar-refractivity contribution in [2.45, 2.75) is 32.4 Å². The standard InChI is InChI=1S/C19H26ClN3O2/c1-13-11-22(12-14(2)23(13)6-7-25-3)19(24)8-15-10-21-18-5-4-16(20)9-17(15)18/h4-5,9-10,13-14,21H,6-8,11-12H2,1-3H3. The summed E-state index contributed by atoms with van der Waals surface area (Å²) in [4.78, 5) is 20.5. The molecule has 1 amide bonds. The third-order valence-corrected chi connectivity index (χ3v) is 5.31. The molecule has 2 unspecified atom stereocenters. The van der Waals surface area contributed by atoms with Gasteiger partial charge in [0, 0.05) is 61.0 Å². The first kappa shape index (κ1) is 18.2. The van der Waals surface area contributed by atoms with Gasteiger partial charge < -0.3 is 14.6 Å². The van der Waals surface area contributed by atoms with Gasteiger partial charge in [-0.1, -0.05) is 11.6 Å². The highest BCUT2D eigenvalue weighted by atomic mass is 35.5. The van der Waals surface area contributed by atoms with Crippen LogP contribution in [0.3, 0.4) is 0 Å². The van der Waals surface area contributed by atoms with Crippen LogP contribution in [0.2, 0.25) is 5.02 Å². The van der Waals surface area contributed by atoms with Gasteiger partial charge in [-0.15, -0.1) is 0 Å². The number of amides is 1. The number of nitrogens with one attached hydrogen (secondary N) is 1. The fourth-order valence-electron chi connectivity index (χ4n) is 3.77. The van der Waals surface area contributed by atoms with Gasteiger partial charge in [0.25, 0.3) is 0 Å². The SMILES string of the molecule is COCCN1C(C)CN(C(=O)Cc2c[nH]c3ccc(Cl)cc23)CC1C. The number of halogens is 1. The highest BCUT2D eigenvalue weighted by Gasteiger charge is 2.31. The Morgan fingerprint density at radius 2 is 2.04 bits per heavy atom. The number of aromatic nitrogens is 1. The molecule has 6 heteroatoms. The molecule has 5 nitrogen and oxygen atoms in total. The van der Waals surface area contributed by atoms with Crippen molar-refractivity contribution in [3.05, 3.63) is 35.0 Å². The summed E-state index contributed by atoms with van der Waals surface area (Å²) in [6, 6.07) is 6.39. The summed E-state index contributed by atoms with van der Waals surface area (Å²) in [6.45, 7) is 7.50. The summed E-state index contributed by atoms with van der Waals surface area (Å²) in [7, 11) is 1.72. The van der Waals surface area contributed by atoms with Crippen molar-refractivity contribution in [3.63, 3.8) is 0 Å². The number of ether oxygens (including phenoxy) is 1. The van der Waals surface area contributed by atoms with Crippen LogP contribution in [0, 0.1) is 0 Å². The fraction of sp³-hybridized carbons (Fsp3) is 0.526. The predicted octanol–water partition coefficient (Wildman–Crippen LogP) is 2.93. The maximum absolute atomic E-state index is 12.8. The molecule has 0 spiro atoms. The second-order valence-corrected chi connectivity index (χ2v) is 7.34. The van der Waals surface area contributed by atoms with Crippen molar-refractivity contribution in [1.82, 2.24) is 14.8 Å². The number of nitrogens with zero attached hydrogens (tertiary/aromatic N) is 2. The van der Waals surface area contributed by atoms with Gasteiger partial charge in [-0.3, -0.25) is 9.69 Å². The number of carbonyl (C=O) groups is 1. The minimum atomic E-state index is 0.172. The quantitative estimate of drug-likeness (QED) is 0.888. The molecule has 136 valence electrons. The lowest BCUT2D eigenvalue weighted by Crippen LogP contribution is -2.58. The van der Waals surface area contributed by atoms with Crippen molar-refractivity contribution in [1.29, 1.82) is 0 Å². The van der Waals surface area contributed by atoms with E-state index in [4.69, 9.17) is 16.3 Å².